The summed E-state index contributed by atoms with van der Waals surface area (Å²) in [5.74, 6) is -0.277. The molecule has 0 aromatic heterocycles. The summed E-state index contributed by atoms with van der Waals surface area (Å²) in [5, 5.41) is 121. The summed E-state index contributed by atoms with van der Waals surface area (Å²) in [7, 11) is 0. The monoisotopic (exact) mass is 1580 g/mol. The number of aliphatic hydroxyl groups is 11. The highest BCUT2D eigenvalue weighted by atomic mass is 16.8. The summed E-state index contributed by atoms with van der Waals surface area (Å²) in [6.07, 6.45) is 67.2. The molecule has 0 bridgehead atoms. The van der Waals surface area contributed by atoms with Crippen LogP contribution in [0.15, 0.2) is 48.6 Å². The average Bonchev–Trinajstić information content (AvgIpc) is 0.780. The average molecular weight is 1580 g/mol. The van der Waals surface area contributed by atoms with Crippen molar-refractivity contribution in [2.75, 3.05) is 26.4 Å². The molecule has 111 heavy (non-hydrogen) atoms. The third-order valence-corrected chi connectivity index (χ3v) is 23.1. The Morgan fingerprint density at radius 3 is 0.955 bits per heavy atom. The van der Waals surface area contributed by atoms with E-state index in [1.165, 1.54) is 321 Å². The smallest absolute Gasteiger partial charge is 0.220 e. The summed E-state index contributed by atoms with van der Waals surface area (Å²) >= 11 is 0. The quantitative estimate of drug-likeness (QED) is 0.0199. The molecule has 0 saturated carbocycles. The minimum Gasteiger partial charge on any atom is -0.394 e. The zero-order valence-electron chi connectivity index (χ0n) is 70.5. The summed E-state index contributed by atoms with van der Waals surface area (Å²) in [4.78, 5) is 13.5. The van der Waals surface area contributed by atoms with Gasteiger partial charge in [-0.3, -0.25) is 4.79 Å². The van der Waals surface area contributed by atoms with Crippen molar-refractivity contribution in [2.45, 2.75) is 503 Å². The van der Waals surface area contributed by atoms with Gasteiger partial charge in [0, 0.05) is 6.42 Å². The van der Waals surface area contributed by atoms with E-state index >= 15 is 0 Å². The lowest BCUT2D eigenvalue weighted by Crippen LogP contribution is -2.66. The summed E-state index contributed by atoms with van der Waals surface area (Å²) in [6.45, 7) is 1.77. The van der Waals surface area contributed by atoms with Crippen LogP contribution in [0.4, 0.5) is 0 Å². The lowest BCUT2D eigenvalue weighted by molar-refractivity contribution is -0.379. The van der Waals surface area contributed by atoms with Gasteiger partial charge in [0.2, 0.25) is 5.91 Å². The highest BCUT2D eigenvalue weighted by Crippen LogP contribution is 2.34. The molecule has 17 unspecified atom stereocenters. The molecule has 0 radical (unpaired) electrons. The zero-order valence-corrected chi connectivity index (χ0v) is 70.5. The third kappa shape index (κ3) is 50.3. The molecule has 12 N–H and O–H groups in total. The highest BCUT2D eigenvalue weighted by molar-refractivity contribution is 5.76. The van der Waals surface area contributed by atoms with Crippen molar-refractivity contribution >= 4 is 5.91 Å². The van der Waals surface area contributed by atoms with Crippen LogP contribution in [0.2, 0.25) is 0 Å². The number of hydrogen-bond acceptors (Lipinski definition) is 18. The van der Waals surface area contributed by atoms with E-state index in [2.05, 4.69) is 55.6 Å². The Morgan fingerprint density at radius 2 is 0.604 bits per heavy atom. The van der Waals surface area contributed by atoms with Gasteiger partial charge in [-0.2, -0.15) is 0 Å². The molecule has 0 spiro atoms. The first-order valence-electron chi connectivity index (χ1n) is 46.4. The van der Waals surface area contributed by atoms with Crippen molar-refractivity contribution in [1.29, 1.82) is 0 Å². The van der Waals surface area contributed by atoms with Crippen LogP contribution in [0, 0.1) is 0 Å². The molecular weight excluding hydrogens is 1410 g/mol. The van der Waals surface area contributed by atoms with Crippen LogP contribution in [0.1, 0.15) is 399 Å². The number of carbonyl (C=O) groups excluding carboxylic acids is 1. The number of rotatable bonds is 76. The molecule has 3 aliphatic heterocycles. The van der Waals surface area contributed by atoms with Crippen LogP contribution in [-0.4, -0.2) is 193 Å². The Balaban J connectivity index is 1.29. The van der Waals surface area contributed by atoms with Crippen LogP contribution in [0.5, 0.6) is 0 Å². The topological polar surface area (TPSA) is 307 Å². The largest absolute Gasteiger partial charge is 0.394 e. The fourth-order valence-electron chi connectivity index (χ4n) is 15.7. The van der Waals surface area contributed by atoms with E-state index in [0.717, 1.165) is 44.9 Å². The Hall–Kier alpha value is -2.25. The van der Waals surface area contributed by atoms with E-state index in [1.807, 2.05) is 6.08 Å². The Labute approximate surface area is 675 Å². The van der Waals surface area contributed by atoms with Gasteiger partial charge in [0.05, 0.1) is 38.6 Å². The normalized spacial score (nSPS) is 25.2. The van der Waals surface area contributed by atoms with Gasteiger partial charge in [-0.15, -0.1) is 0 Å². The van der Waals surface area contributed by atoms with Gasteiger partial charge >= 0.3 is 0 Å². The zero-order chi connectivity index (χ0) is 80.3. The van der Waals surface area contributed by atoms with Crippen molar-refractivity contribution in [3.05, 3.63) is 48.6 Å². The summed E-state index contributed by atoms with van der Waals surface area (Å²) in [6, 6.07) is -0.991. The van der Waals surface area contributed by atoms with Crippen molar-refractivity contribution in [3.8, 4) is 0 Å². The lowest BCUT2D eigenvalue weighted by Gasteiger charge is -2.48. The molecule has 17 atom stereocenters. The minimum atomic E-state index is -1.98. The van der Waals surface area contributed by atoms with E-state index in [9.17, 15) is 61.0 Å². The summed E-state index contributed by atoms with van der Waals surface area (Å²) < 4.78 is 34.5. The number of ether oxygens (including phenoxy) is 6. The highest BCUT2D eigenvalue weighted by Gasteiger charge is 2.54. The molecule has 19 heteroatoms. The molecule has 19 nitrogen and oxygen atoms in total. The molecule has 3 fully saturated rings. The first-order valence-corrected chi connectivity index (χ1v) is 46.4. The predicted octanol–water partition coefficient (Wildman–Crippen LogP) is 18.0. The standard InChI is InChI=1S/C92H171NO18/c1-3-5-7-9-11-13-15-17-19-21-23-25-27-29-30-31-32-33-34-35-36-37-38-39-40-41-42-43-44-46-48-50-52-54-56-58-60-62-64-66-68-70-80(98)93-75(76(97)69-67-65-63-61-59-57-55-53-51-49-47-45-28-26-24-22-20-18-16-14-12-10-8-6-4-2)74-106-90-86(104)83(101)88(78(72-95)108-90)111-92-87(105)84(102)89(79(73-96)109-92)110-91-85(103)82(100)81(99)77(71-94)107-91/h15,17,21,23,59,61,67,69,75-79,81-92,94-97,99-105H,3-14,16,18-20,22,24-58,60,62-66,68,70-74H2,1-2H3,(H,93,98)/b17-15-,23-21-,61-59+,69-67+. The van der Waals surface area contributed by atoms with E-state index < -0.39 is 124 Å². The molecular formula is C92H171NO18. The van der Waals surface area contributed by atoms with Crippen molar-refractivity contribution < 1.29 is 89.4 Å². The first kappa shape index (κ1) is 103. The SMILES string of the molecule is CCCCCCC/C=C\C/C=C\CCCCCCCCCCCCCCCCCCCCCCCCCCCCCCCC(=O)NC(COC1OC(CO)C(OC2OC(CO)C(OC3OC(CO)C(O)C(O)C3O)C(O)C2O)C(O)C1O)C(O)/C=C/CC/C=C/CCCCCCCCCCCCCCCCCCCCC. The van der Waals surface area contributed by atoms with Crippen LogP contribution in [-0.2, 0) is 33.2 Å². The maximum absolute atomic E-state index is 13.5. The maximum atomic E-state index is 13.5. The fraction of sp³-hybridized carbons (Fsp3) is 0.902. The van der Waals surface area contributed by atoms with Crippen LogP contribution in [0.3, 0.4) is 0 Å². The van der Waals surface area contributed by atoms with Crippen LogP contribution in [0.25, 0.3) is 0 Å². The number of hydrogen-bond donors (Lipinski definition) is 12. The van der Waals surface area contributed by atoms with Crippen molar-refractivity contribution in [2.24, 2.45) is 0 Å². The Bertz CT molecular complexity index is 2190. The van der Waals surface area contributed by atoms with Gasteiger partial charge in [0.15, 0.2) is 18.9 Å². The Kier molecular flexibility index (Phi) is 66.6. The molecule has 3 saturated heterocycles. The third-order valence-electron chi connectivity index (χ3n) is 23.1. The van der Waals surface area contributed by atoms with Crippen molar-refractivity contribution in [3.63, 3.8) is 0 Å². The molecule has 3 aliphatic rings. The minimum absolute atomic E-state index is 0.240. The summed E-state index contributed by atoms with van der Waals surface area (Å²) in [5.41, 5.74) is 0. The van der Waals surface area contributed by atoms with Gasteiger partial charge in [0.1, 0.15) is 73.2 Å². The van der Waals surface area contributed by atoms with E-state index in [0.29, 0.717) is 12.8 Å². The molecule has 0 aromatic rings. The second-order valence-electron chi connectivity index (χ2n) is 33.1. The van der Waals surface area contributed by atoms with Crippen molar-refractivity contribution in [1.82, 2.24) is 5.32 Å². The predicted molar refractivity (Wildman–Crippen MR) is 448 cm³/mol. The first-order chi connectivity index (χ1) is 54.3. The van der Waals surface area contributed by atoms with Gasteiger partial charge in [0.25, 0.3) is 0 Å². The van der Waals surface area contributed by atoms with Gasteiger partial charge in [-0.25, -0.2) is 0 Å². The Morgan fingerprint density at radius 1 is 0.324 bits per heavy atom. The van der Waals surface area contributed by atoms with Gasteiger partial charge < -0.3 is 89.9 Å². The number of aliphatic hydroxyl groups excluding tert-OH is 11. The van der Waals surface area contributed by atoms with Crippen LogP contribution >= 0.6 is 0 Å². The number of amides is 1. The molecule has 3 rings (SSSR count). The van der Waals surface area contributed by atoms with E-state index in [1.54, 1.807) is 6.08 Å². The molecule has 3 heterocycles. The molecule has 0 aliphatic carbocycles. The van der Waals surface area contributed by atoms with E-state index in [-0.39, 0.29) is 18.9 Å². The van der Waals surface area contributed by atoms with Gasteiger partial charge in [-0.1, -0.05) is 377 Å². The number of unbranched alkanes of at least 4 members (excludes halogenated alkanes) is 54. The second-order valence-corrected chi connectivity index (χ2v) is 33.1. The number of allylic oxidation sites excluding steroid dienone is 7. The van der Waals surface area contributed by atoms with E-state index in [4.69, 9.17) is 28.4 Å². The van der Waals surface area contributed by atoms with Crippen LogP contribution < -0.4 is 5.32 Å². The number of carbonyl (C=O) groups is 1. The molecule has 0 aromatic carbocycles. The molecule has 1 amide bonds. The van der Waals surface area contributed by atoms with Gasteiger partial charge in [-0.05, 0) is 64.2 Å². The fourth-order valence-corrected chi connectivity index (χ4v) is 15.7. The molecule has 652 valence electrons. The maximum Gasteiger partial charge on any atom is 0.220 e. The lowest BCUT2D eigenvalue weighted by atomic mass is 9.96. The second kappa shape index (κ2) is 71.8. The number of nitrogens with one attached hydrogen (secondary N) is 1.